The van der Waals surface area contributed by atoms with E-state index in [1.54, 1.807) is 30.0 Å². The van der Waals surface area contributed by atoms with E-state index in [0.717, 1.165) is 50.9 Å². The van der Waals surface area contributed by atoms with Gasteiger partial charge in [-0.25, -0.2) is 18.1 Å². The zero-order chi connectivity index (χ0) is 32.1. The first-order valence-corrected chi connectivity index (χ1v) is 17.6. The summed E-state index contributed by atoms with van der Waals surface area (Å²) in [5.74, 6) is -0.211. The van der Waals surface area contributed by atoms with Crippen molar-refractivity contribution in [3.8, 4) is 0 Å². The lowest BCUT2D eigenvalue weighted by Crippen LogP contribution is -2.31. The number of aromatic nitrogens is 1. The third-order valence-corrected chi connectivity index (χ3v) is 10.5. The highest BCUT2D eigenvalue weighted by Crippen LogP contribution is 2.29. The van der Waals surface area contributed by atoms with Crippen LogP contribution in [-0.4, -0.2) is 42.2 Å². The van der Waals surface area contributed by atoms with Gasteiger partial charge in [0.2, 0.25) is 5.13 Å². The first-order chi connectivity index (χ1) is 22.3. The van der Waals surface area contributed by atoms with Gasteiger partial charge < -0.3 is 5.32 Å². The summed E-state index contributed by atoms with van der Waals surface area (Å²) in [5, 5.41) is 20.0. The van der Waals surface area contributed by atoms with Gasteiger partial charge in [0.15, 0.2) is 0 Å². The molecule has 1 aliphatic rings. The number of hydrazone groups is 1. The van der Waals surface area contributed by atoms with E-state index in [0.29, 0.717) is 23.8 Å². The number of aryl methyl sites for hydroxylation is 1. The van der Waals surface area contributed by atoms with Crippen molar-refractivity contribution in [2.75, 3.05) is 23.0 Å². The summed E-state index contributed by atoms with van der Waals surface area (Å²) in [4.78, 5) is 29.6. The maximum Gasteiger partial charge on any atom is 0.293 e. The molecule has 14 heteroatoms. The van der Waals surface area contributed by atoms with Gasteiger partial charge in [-0.3, -0.25) is 20.3 Å². The molecule has 5 aromatic rings. The van der Waals surface area contributed by atoms with E-state index in [2.05, 4.69) is 25.6 Å². The van der Waals surface area contributed by atoms with Crippen molar-refractivity contribution in [3.05, 3.63) is 118 Å². The van der Waals surface area contributed by atoms with Gasteiger partial charge in [-0.05, 0) is 73.4 Å². The number of nitro benzene ring substituents is 1. The number of benzene rings is 4. The number of thiazole rings is 1. The van der Waals surface area contributed by atoms with Crippen LogP contribution in [0.5, 0.6) is 0 Å². The van der Waals surface area contributed by atoms with Crippen LogP contribution in [-0.2, 0) is 16.4 Å². The average molecular weight is 673 g/mol. The molecule has 0 atom stereocenters. The van der Waals surface area contributed by atoms with Gasteiger partial charge in [-0.2, -0.15) is 5.10 Å². The fourth-order valence-electron chi connectivity index (χ4n) is 5.03. The summed E-state index contributed by atoms with van der Waals surface area (Å²) in [6.07, 6.45) is 2.34. The number of para-hydroxylation sites is 1. The van der Waals surface area contributed by atoms with Crippen LogP contribution in [0.3, 0.4) is 0 Å². The lowest BCUT2D eigenvalue weighted by molar-refractivity contribution is -0.384. The average Bonchev–Trinajstić information content (AvgIpc) is 3.49. The highest BCUT2D eigenvalue weighted by Gasteiger charge is 2.25. The standard InChI is InChI=1S/C32H28N6O5S3/c39-31(22-14-13-21-7-6-11-26(25(21)19-22)35-36-32-34-28-10-4-5-12-30(28)45-32)37-46(42,43)24-15-16-27(29(20-24)38(40)41)33-17-18-44-23-8-2-1-3-9-23/h1-5,8-10,12-16,19-20,33H,6-7,11,17-18H2,(H,34,36)(H,37,39)/b35-26+. The quantitative estimate of drug-likeness (QED) is 0.0603. The number of carbonyl (C=O) groups is 1. The van der Waals surface area contributed by atoms with Crippen LogP contribution >= 0.6 is 23.1 Å². The zero-order valence-electron chi connectivity index (χ0n) is 24.3. The van der Waals surface area contributed by atoms with Gasteiger partial charge in [-0.1, -0.05) is 47.7 Å². The number of carbonyl (C=O) groups excluding carboxylic acids is 1. The second kappa shape index (κ2) is 13.7. The molecule has 0 radical (unpaired) electrons. The van der Waals surface area contributed by atoms with Crippen molar-refractivity contribution in [2.45, 2.75) is 29.1 Å². The van der Waals surface area contributed by atoms with E-state index in [1.165, 1.54) is 23.5 Å². The molecule has 3 N–H and O–H groups in total. The van der Waals surface area contributed by atoms with Crippen LogP contribution in [0.1, 0.15) is 34.3 Å². The molecule has 1 heterocycles. The number of fused-ring (bicyclic) bond motifs is 2. The SMILES string of the molecule is O=C(NS(=O)(=O)c1ccc(NCCSc2ccccc2)c([N+](=O)[O-])c1)c1ccc2c(c1)/C(=N/Nc1nc3ccccc3s1)CCC2. The Morgan fingerprint density at radius 3 is 2.61 bits per heavy atom. The fourth-order valence-corrected chi connectivity index (χ4v) is 7.62. The third-order valence-electron chi connectivity index (χ3n) is 7.26. The number of thioether (sulfide) groups is 1. The lowest BCUT2D eigenvalue weighted by Gasteiger charge is -2.19. The number of nitrogens with one attached hydrogen (secondary N) is 3. The summed E-state index contributed by atoms with van der Waals surface area (Å²) in [5.41, 5.74) is 6.29. The van der Waals surface area contributed by atoms with Crippen LogP contribution in [0, 0.1) is 10.1 Å². The molecule has 46 heavy (non-hydrogen) atoms. The Hall–Kier alpha value is -4.79. The van der Waals surface area contributed by atoms with Crippen molar-refractivity contribution in [3.63, 3.8) is 0 Å². The molecular weight excluding hydrogens is 645 g/mol. The van der Waals surface area contributed by atoms with Gasteiger partial charge in [-0.15, -0.1) is 11.8 Å². The number of sulfonamides is 1. The summed E-state index contributed by atoms with van der Waals surface area (Å²) >= 11 is 3.07. The highest BCUT2D eigenvalue weighted by atomic mass is 32.2. The number of hydrogen-bond acceptors (Lipinski definition) is 11. The summed E-state index contributed by atoms with van der Waals surface area (Å²) < 4.78 is 29.5. The molecule has 1 aromatic heterocycles. The predicted molar refractivity (Wildman–Crippen MR) is 183 cm³/mol. The summed E-state index contributed by atoms with van der Waals surface area (Å²) in [7, 11) is -4.42. The first kappa shape index (κ1) is 31.2. The minimum absolute atomic E-state index is 0.126. The molecule has 0 fully saturated rings. The highest BCUT2D eigenvalue weighted by molar-refractivity contribution is 7.99. The Balaban J connectivity index is 1.15. The molecule has 6 rings (SSSR count). The van der Waals surface area contributed by atoms with Crippen molar-refractivity contribution in [1.29, 1.82) is 0 Å². The third kappa shape index (κ3) is 7.19. The van der Waals surface area contributed by atoms with E-state index >= 15 is 0 Å². The number of nitro groups is 1. The van der Waals surface area contributed by atoms with Crippen LogP contribution in [0.2, 0.25) is 0 Å². The van der Waals surface area contributed by atoms with E-state index < -0.39 is 31.4 Å². The molecule has 11 nitrogen and oxygen atoms in total. The Labute approximate surface area is 273 Å². The topological polar surface area (TPSA) is 156 Å². The van der Waals surface area contributed by atoms with Crippen molar-refractivity contribution >= 4 is 71.5 Å². The van der Waals surface area contributed by atoms with E-state index in [1.807, 2.05) is 54.6 Å². The Morgan fingerprint density at radius 2 is 1.80 bits per heavy atom. The molecule has 0 saturated heterocycles. The van der Waals surface area contributed by atoms with Crippen molar-refractivity contribution < 1.29 is 18.1 Å². The zero-order valence-corrected chi connectivity index (χ0v) is 26.8. The van der Waals surface area contributed by atoms with Crippen LogP contribution in [0.4, 0.5) is 16.5 Å². The number of hydrogen-bond donors (Lipinski definition) is 3. The monoisotopic (exact) mass is 672 g/mol. The number of amides is 1. The molecule has 234 valence electrons. The maximum absolute atomic E-state index is 13.2. The smallest absolute Gasteiger partial charge is 0.293 e. The molecule has 0 unspecified atom stereocenters. The predicted octanol–water partition coefficient (Wildman–Crippen LogP) is 6.68. The largest absolute Gasteiger partial charge is 0.379 e. The Morgan fingerprint density at radius 1 is 1.00 bits per heavy atom. The van der Waals surface area contributed by atoms with Gasteiger partial charge in [0.25, 0.3) is 21.6 Å². The van der Waals surface area contributed by atoms with Crippen molar-refractivity contribution in [2.24, 2.45) is 5.10 Å². The van der Waals surface area contributed by atoms with E-state index in [9.17, 15) is 23.3 Å². The molecule has 0 aliphatic heterocycles. The second-order valence-corrected chi connectivity index (χ2v) is 14.2. The van der Waals surface area contributed by atoms with Crippen molar-refractivity contribution in [1.82, 2.24) is 9.71 Å². The molecule has 4 aromatic carbocycles. The molecule has 1 aliphatic carbocycles. The summed E-state index contributed by atoms with van der Waals surface area (Å²) in [6.45, 7) is 0.420. The summed E-state index contributed by atoms with van der Waals surface area (Å²) in [6, 6.07) is 26.0. The number of rotatable bonds is 11. The number of nitrogens with zero attached hydrogens (tertiary/aromatic N) is 3. The van der Waals surface area contributed by atoms with Gasteiger partial charge in [0.05, 0.1) is 25.7 Å². The van der Waals surface area contributed by atoms with Gasteiger partial charge in [0.1, 0.15) is 5.69 Å². The van der Waals surface area contributed by atoms with Gasteiger partial charge in [0, 0.05) is 34.4 Å². The fraction of sp³-hybridized carbons (Fsp3) is 0.156. The minimum Gasteiger partial charge on any atom is -0.379 e. The van der Waals surface area contributed by atoms with E-state index in [-0.39, 0.29) is 11.3 Å². The normalized spacial score (nSPS) is 13.7. The minimum atomic E-state index is -4.42. The Kier molecular flexibility index (Phi) is 9.28. The lowest BCUT2D eigenvalue weighted by atomic mass is 9.89. The molecule has 1 amide bonds. The molecule has 0 spiro atoms. The second-order valence-electron chi connectivity index (χ2n) is 10.3. The molecule has 0 saturated carbocycles. The maximum atomic E-state index is 13.2. The van der Waals surface area contributed by atoms with Gasteiger partial charge >= 0.3 is 0 Å². The van der Waals surface area contributed by atoms with E-state index in [4.69, 9.17) is 0 Å². The van der Waals surface area contributed by atoms with Crippen LogP contribution < -0.4 is 15.5 Å². The molecular formula is C32H28N6O5S3. The van der Waals surface area contributed by atoms with Crippen LogP contribution in [0.15, 0.2) is 106 Å². The number of anilines is 2. The first-order valence-electron chi connectivity index (χ1n) is 14.4. The van der Waals surface area contributed by atoms with Crippen LogP contribution in [0.25, 0.3) is 10.2 Å². The Bertz CT molecular complexity index is 2030. The molecule has 0 bridgehead atoms.